The first kappa shape index (κ1) is 17.1. The van der Waals surface area contributed by atoms with Crippen molar-refractivity contribution in [2.75, 3.05) is 13.1 Å². The van der Waals surface area contributed by atoms with Crippen molar-refractivity contribution in [1.82, 2.24) is 10.2 Å². The quantitative estimate of drug-likeness (QED) is 0.914. The van der Waals surface area contributed by atoms with E-state index in [2.05, 4.69) is 5.32 Å². The van der Waals surface area contributed by atoms with Crippen molar-refractivity contribution < 1.29 is 9.59 Å². The number of rotatable bonds is 4. The molecule has 4 nitrogen and oxygen atoms in total. The number of nitrogens with zero attached hydrogens (tertiary/aromatic N) is 1. The van der Waals surface area contributed by atoms with Crippen LogP contribution >= 0.6 is 23.2 Å². The Morgan fingerprint density at radius 3 is 2.82 bits per heavy atom. The van der Waals surface area contributed by atoms with Crippen LogP contribution in [0.3, 0.4) is 0 Å². The molecule has 0 spiro atoms. The van der Waals surface area contributed by atoms with Crippen molar-refractivity contribution in [3.8, 4) is 0 Å². The summed E-state index contributed by atoms with van der Waals surface area (Å²) >= 11 is 12.1. The molecule has 1 aliphatic rings. The molecule has 0 aliphatic carbocycles. The maximum absolute atomic E-state index is 12.5. The number of piperazine rings is 1. The Balaban J connectivity index is 2.04. The van der Waals surface area contributed by atoms with E-state index in [0.717, 1.165) is 5.56 Å². The van der Waals surface area contributed by atoms with Crippen molar-refractivity contribution in [3.05, 3.63) is 33.8 Å². The highest BCUT2D eigenvalue weighted by Gasteiger charge is 2.34. The van der Waals surface area contributed by atoms with Gasteiger partial charge in [0.15, 0.2) is 0 Å². The number of aryl methyl sites for hydroxylation is 1. The smallest absolute Gasteiger partial charge is 0.243 e. The summed E-state index contributed by atoms with van der Waals surface area (Å²) in [5.41, 5.74) is 0.852. The largest absolute Gasteiger partial charge is 0.353 e. The summed E-state index contributed by atoms with van der Waals surface area (Å²) in [7, 11) is 0. The van der Waals surface area contributed by atoms with Crippen LogP contribution in [-0.4, -0.2) is 35.8 Å². The highest BCUT2D eigenvalue weighted by atomic mass is 35.5. The van der Waals surface area contributed by atoms with Crippen molar-refractivity contribution in [3.63, 3.8) is 0 Å². The molecule has 6 heteroatoms. The zero-order chi connectivity index (χ0) is 16.3. The second kappa shape index (κ2) is 7.34. The van der Waals surface area contributed by atoms with Gasteiger partial charge in [-0.2, -0.15) is 0 Å². The molecule has 0 aromatic heterocycles. The van der Waals surface area contributed by atoms with Gasteiger partial charge in [0.25, 0.3) is 0 Å². The fraction of sp³-hybridized carbons (Fsp3) is 0.500. The molecule has 1 heterocycles. The number of carbonyl (C=O) groups is 2. The summed E-state index contributed by atoms with van der Waals surface area (Å²) in [5.74, 6) is -0.0148. The molecule has 0 saturated carbocycles. The third kappa shape index (κ3) is 3.73. The van der Waals surface area contributed by atoms with Gasteiger partial charge < -0.3 is 10.2 Å². The summed E-state index contributed by atoms with van der Waals surface area (Å²) < 4.78 is 0. The lowest BCUT2D eigenvalue weighted by Gasteiger charge is -2.37. The van der Waals surface area contributed by atoms with Crippen LogP contribution in [0.15, 0.2) is 18.2 Å². The molecule has 1 unspecified atom stereocenters. The van der Waals surface area contributed by atoms with Crippen LogP contribution in [0.25, 0.3) is 0 Å². The Hall–Kier alpha value is -1.26. The van der Waals surface area contributed by atoms with E-state index in [1.54, 1.807) is 11.0 Å². The lowest BCUT2D eigenvalue weighted by atomic mass is 9.98. The van der Waals surface area contributed by atoms with E-state index in [1.807, 2.05) is 26.0 Å². The Labute approximate surface area is 140 Å². The monoisotopic (exact) mass is 342 g/mol. The lowest BCUT2D eigenvalue weighted by molar-refractivity contribution is -0.145. The van der Waals surface area contributed by atoms with Gasteiger partial charge in [0, 0.05) is 19.5 Å². The minimum atomic E-state index is -0.393. The fourth-order valence-electron chi connectivity index (χ4n) is 2.75. The summed E-state index contributed by atoms with van der Waals surface area (Å²) in [4.78, 5) is 26.2. The number of halogens is 2. The highest BCUT2D eigenvalue weighted by molar-refractivity contribution is 6.42. The van der Waals surface area contributed by atoms with Crippen molar-refractivity contribution >= 4 is 35.0 Å². The van der Waals surface area contributed by atoms with E-state index in [-0.39, 0.29) is 17.7 Å². The number of hydrogen-bond donors (Lipinski definition) is 1. The predicted octanol–water partition coefficient (Wildman–Crippen LogP) is 2.91. The third-order valence-corrected chi connectivity index (χ3v) is 4.71. The van der Waals surface area contributed by atoms with E-state index < -0.39 is 6.04 Å². The first-order chi connectivity index (χ1) is 10.4. The van der Waals surface area contributed by atoms with E-state index in [0.29, 0.717) is 36.0 Å². The summed E-state index contributed by atoms with van der Waals surface area (Å²) in [6.07, 6.45) is 0.831. The van der Waals surface area contributed by atoms with Crippen LogP contribution in [0.5, 0.6) is 0 Å². The molecule has 1 saturated heterocycles. The molecule has 2 rings (SSSR count). The predicted molar refractivity (Wildman–Crippen MR) is 88.1 cm³/mol. The van der Waals surface area contributed by atoms with Crippen molar-refractivity contribution in [2.45, 2.75) is 32.7 Å². The maximum atomic E-state index is 12.5. The standard InChI is InChI=1S/C16H20Cl2N2O2/c1-10(2)15-16(22)19-8-9-20(15)13(21)7-6-11-4-3-5-12(17)14(11)18/h3-5,10,15H,6-9H2,1-2H3,(H,19,22). The normalized spacial score (nSPS) is 18.5. The number of benzene rings is 1. The third-order valence-electron chi connectivity index (χ3n) is 3.85. The molecule has 0 bridgehead atoms. The average molecular weight is 343 g/mol. The molecule has 1 aliphatic heterocycles. The first-order valence-corrected chi connectivity index (χ1v) is 8.17. The fourth-order valence-corrected chi connectivity index (χ4v) is 3.17. The van der Waals surface area contributed by atoms with Crippen molar-refractivity contribution in [1.29, 1.82) is 0 Å². The van der Waals surface area contributed by atoms with Gasteiger partial charge in [-0.1, -0.05) is 49.2 Å². The molecule has 120 valence electrons. The summed E-state index contributed by atoms with van der Waals surface area (Å²) in [6.45, 7) is 4.95. The molecule has 1 atom stereocenters. The zero-order valence-electron chi connectivity index (χ0n) is 12.7. The van der Waals surface area contributed by atoms with Gasteiger partial charge in [-0.3, -0.25) is 9.59 Å². The number of nitrogens with one attached hydrogen (secondary N) is 1. The minimum Gasteiger partial charge on any atom is -0.353 e. The van der Waals surface area contributed by atoms with E-state index >= 15 is 0 Å². The Morgan fingerprint density at radius 1 is 1.41 bits per heavy atom. The van der Waals surface area contributed by atoms with Gasteiger partial charge in [-0.15, -0.1) is 0 Å². The molecular weight excluding hydrogens is 323 g/mol. The van der Waals surface area contributed by atoms with Crippen LogP contribution in [0.4, 0.5) is 0 Å². The SMILES string of the molecule is CC(C)C1C(=O)NCCN1C(=O)CCc1cccc(Cl)c1Cl. The van der Waals surface area contributed by atoms with Gasteiger partial charge >= 0.3 is 0 Å². The van der Waals surface area contributed by atoms with Gasteiger partial charge in [0.1, 0.15) is 6.04 Å². The Morgan fingerprint density at radius 2 is 2.14 bits per heavy atom. The topological polar surface area (TPSA) is 49.4 Å². The summed E-state index contributed by atoms with van der Waals surface area (Å²) in [5, 5.41) is 3.80. The molecule has 1 N–H and O–H groups in total. The Bertz CT molecular complexity index is 575. The first-order valence-electron chi connectivity index (χ1n) is 7.42. The molecule has 1 aromatic rings. The summed E-state index contributed by atoms with van der Waals surface area (Å²) in [6, 6.07) is 5.01. The van der Waals surface area contributed by atoms with Crippen molar-refractivity contribution in [2.24, 2.45) is 5.92 Å². The molecule has 2 amide bonds. The number of hydrogen-bond acceptors (Lipinski definition) is 2. The second-order valence-corrected chi connectivity index (χ2v) is 6.57. The van der Waals surface area contributed by atoms with Crippen LogP contribution in [0, 0.1) is 5.92 Å². The minimum absolute atomic E-state index is 0.0235. The molecule has 1 aromatic carbocycles. The van der Waals surface area contributed by atoms with Crippen LogP contribution in [0.2, 0.25) is 10.0 Å². The van der Waals surface area contributed by atoms with Gasteiger partial charge in [0.05, 0.1) is 10.0 Å². The Kier molecular flexibility index (Phi) is 5.70. The number of amides is 2. The van der Waals surface area contributed by atoms with Gasteiger partial charge in [-0.25, -0.2) is 0 Å². The zero-order valence-corrected chi connectivity index (χ0v) is 14.2. The average Bonchev–Trinajstić information content (AvgIpc) is 2.47. The van der Waals surface area contributed by atoms with Crippen LogP contribution in [-0.2, 0) is 16.0 Å². The van der Waals surface area contributed by atoms with Crippen LogP contribution < -0.4 is 5.32 Å². The van der Waals surface area contributed by atoms with E-state index in [9.17, 15) is 9.59 Å². The van der Waals surface area contributed by atoms with Gasteiger partial charge in [0.2, 0.25) is 11.8 Å². The van der Waals surface area contributed by atoms with Gasteiger partial charge in [-0.05, 0) is 24.0 Å². The molecule has 0 radical (unpaired) electrons. The maximum Gasteiger partial charge on any atom is 0.243 e. The highest BCUT2D eigenvalue weighted by Crippen LogP contribution is 2.26. The molecule has 1 fully saturated rings. The molecule has 22 heavy (non-hydrogen) atoms. The van der Waals surface area contributed by atoms with E-state index in [1.165, 1.54) is 0 Å². The lowest BCUT2D eigenvalue weighted by Crippen LogP contribution is -2.59. The molecular formula is C16H20Cl2N2O2. The second-order valence-electron chi connectivity index (χ2n) is 5.78. The van der Waals surface area contributed by atoms with E-state index in [4.69, 9.17) is 23.2 Å². The van der Waals surface area contributed by atoms with Crippen LogP contribution in [0.1, 0.15) is 25.8 Å². The number of carbonyl (C=O) groups excluding carboxylic acids is 2.